The first-order chi connectivity index (χ1) is 15.6. The molecule has 7 N–H and O–H groups in total. The summed E-state index contributed by atoms with van der Waals surface area (Å²) in [5.41, 5.74) is 9.51. The number of nitrogens with one attached hydrogen (secondary N) is 2. The molecule has 182 valence electrons. The smallest absolute Gasteiger partial charge is 0.248 e. The van der Waals surface area contributed by atoms with Crippen molar-refractivity contribution < 1.29 is 20.0 Å². The van der Waals surface area contributed by atoms with E-state index >= 15 is 0 Å². The number of aliphatic hydroxyl groups is 1. The maximum Gasteiger partial charge on any atom is 0.248 e. The van der Waals surface area contributed by atoms with E-state index in [4.69, 9.17) is 10.5 Å². The number of quaternary nitrogens is 1. The lowest BCUT2D eigenvalue weighted by Crippen LogP contribution is -2.84. The Morgan fingerprint density at radius 2 is 2.18 bits per heavy atom. The van der Waals surface area contributed by atoms with Crippen LogP contribution in [0.5, 0.6) is 0 Å². The van der Waals surface area contributed by atoms with E-state index in [9.17, 15) is 9.90 Å². The normalized spacial score (nSPS) is 24.9. The van der Waals surface area contributed by atoms with E-state index in [1.165, 1.54) is 11.1 Å². The Balaban J connectivity index is 1.57. The molecule has 4 atom stereocenters. The average Bonchev–Trinajstić information content (AvgIpc) is 2.76. The maximum absolute atomic E-state index is 12.9. The molecule has 0 saturated carbocycles. The van der Waals surface area contributed by atoms with Crippen LogP contribution in [0.3, 0.4) is 0 Å². The van der Waals surface area contributed by atoms with Gasteiger partial charge < -0.3 is 31.5 Å². The number of hydrogen-bond donors (Lipinski definition) is 5. The lowest BCUT2D eigenvalue weighted by Gasteiger charge is -2.29. The molecule has 3 rings (SSSR count). The molecule has 1 aromatic carbocycles. The van der Waals surface area contributed by atoms with E-state index in [0.717, 1.165) is 37.4 Å². The summed E-state index contributed by atoms with van der Waals surface area (Å²) in [6.07, 6.45) is 6.78. The van der Waals surface area contributed by atoms with Crippen molar-refractivity contribution in [1.29, 1.82) is 0 Å². The number of carbonyl (C=O) groups is 1. The Labute approximate surface area is 197 Å². The van der Waals surface area contributed by atoms with Crippen LogP contribution in [0.25, 0.3) is 0 Å². The first kappa shape index (κ1) is 25.6. The van der Waals surface area contributed by atoms with Crippen LogP contribution in [0, 0.1) is 11.8 Å². The summed E-state index contributed by atoms with van der Waals surface area (Å²) < 4.78 is 6.05. The van der Waals surface area contributed by atoms with Gasteiger partial charge in [0, 0.05) is 37.8 Å². The van der Waals surface area contributed by atoms with Crippen molar-refractivity contribution in [3.8, 4) is 0 Å². The standard InChI is InChI=1S/C26H40N4O3/c1-17(2)16-33-24-8-7-23(31)12-21(24)15-29-18(3)13-26(4,27)25(32)30-22-6-5-20-14-28-10-9-19(20)11-22/h5-8,11,13,17,21,23-24,28-29,31H,9-10,12,14-16,27H2,1-4H3,(H,30,32)/p+1/b18-13-. The third kappa shape index (κ3) is 7.48. The molecule has 0 aromatic heterocycles. The zero-order valence-corrected chi connectivity index (χ0v) is 20.4. The molecule has 0 spiro atoms. The Morgan fingerprint density at radius 3 is 2.94 bits per heavy atom. The van der Waals surface area contributed by atoms with Crippen molar-refractivity contribution in [3.05, 3.63) is 53.3 Å². The second kappa shape index (κ2) is 11.4. The van der Waals surface area contributed by atoms with E-state index in [-0.39, 0.29) is 17.9 Å². The summed E-state index contributed by atoms with van der Waals surface area (Å²) in [7, 11) is 0. The summed E-state index contributed by atoms with van der Waals surface area (Å²) in [6.45, 7) is 11.2. The van der Waals surface area contributed by atoms with Crippen molar-refractivity contribution in [2.75, 3.05) is 25.0 Å². The first-order valence-corrected chi connectivity index (χ1v) is 12.1. The summed E-state index contributed by atoms with van der Waals surface area (Å²) >= 11 is 0. The van der Waals surface area contributed by atoms with Gasteiger partial charge in [0.2, 0.25) is 5.91 Å². The van der Waals surface area contributed by atoms with Gasteiger partial charge in [-0.1, -0.05) is 32.1 Å². The Bertz CT molecular complexity index is 878. The summed E-state index contributed by atoms with van der Waals surface area (Å²) in [5, 5.41) is 18.5. The second-order valence-corrected chi connectivity index (χ2v) is 10.1. The highest BCUT2D eigenvalue weighted by molar-refractivity contribution is 5.99. The van der Waals surface area contributed by atoms with Gasteiger partial charge in [0.15, 0.2) is 0 Å². The zero-order valence-electron chi connectivity index (χ0n) is 20.4. The van der Waals surface area contributed by atoms with E-state index in [1.807, 2.05) is 37.3 Å². The van der Waals surface area contributed by atoms with Crippen LogP contribution in [0.15, 0.2) is 42.1 Å². The van der Waals surface area contributed by atoms with Crippen LogP contribution in [0.4, 0.5) is 5.69 Å². The number of amides is 1. The van der Waals surface area contributed by atoms with E-state index < -0.39 is 11.6 Å². The molecule has 0 bridgehead atoms. The minimum Gasteiger partial charge on any atom is -0.389 e. The van der Waals surface area contributed by atoms with Gasteiger partial charge in [0.05, 0.1) is 18.8 Å². The molecule has 7 nitrogen and oxygen atoms in total. The van der Waals surface area contributed by atoms with E-state index in [1.54, 1.807) is 6.92 Å². The molecule has 0 saturated heterocycles. The summed E-state index contributed by atoms with van der Waals surface area (Å²) in [6, 6.07) is 6.04. The molecule has 33 heavy (non-hydrogen) atoms. The largest absolute Gasteiger partial charge is 0.389 e. The highest BCUT2D eigenvalue weighted by Crippen LogP contribution is 2.22. The lowest BCUT2D eigenvalue weighted by atomic mass is 9.89. The minimum atomic E-state index is -1.14. The number of nitrogens with two attached hydrogens (primary N) is 2. The third-order valence-corrected chi connectivity index (χ3v) is 6.26. The predicted molar refractivity (Wildman–Crippen MR) is 131 cm³/mol. The van der Waals surface area contributed by atoms with Crippen LogP contribution in [-0.4, -0.2) is 48.5 Å². The van der Waals surface area contributed by atoms with E-state index in [2.05, 4.69) is 35.9 Å². The lowest BCUT2D eigenvalue weighted by molar-refractivity contribution is -0.614. The molecular formula is C26H41N4O3+. The quantitative estimate of drug-likeness (QED) is 0.360. The molecule has 2 aliphatic rings. The van der Waals surface area contributed by atoms with Crippen LogP contribution in [0.2, 0.25) is 0 Å². The number of anilines is 1. The maximum atomic E-state index is 12.9. The average molecular weight is 458 g/mol. The first-order valence-electron chi connectivity index (χ1n) is 12.1. The number of fused-ring (bicyclic) bond motifs is 1. The zero-order chi connectivity index (χ0) is 24.0. The molecule has 1 heterocycles. The Hall–Kier alpha value is -2.03. The van der Waals surface area contributed by atoms with Crippen molar-refractivity contribution in [2.24, 2.45) is 17.6 Å². The van der Waals surface area contributed by atoms with Gasteiger partial charge in [0.1, 0.15) is 11.2 Å². The Morgan fingerprint density at radius 1 is 1.39 bits per heavy atom. The fourth-order valence-corrected chi connectivity index (χ4v) is 4.40. The van der Waals surface area contributed by atoms with Crippen molar-refractivity contribution >= 4 is 11.6 Å². The van der Waals surface area contributed by atoms with Gasteiger partial charge in [-0.05, 0) is 55.5 Å². The minimum absolute atomic E-state index is 0.00776. The molecular weight excluding hydrogens is 416 g/mol. The van der Waals surface area contributed by atoms with Crippen LogP contribution >= 0.6 is 0 Å². The highest BCUT2D eigenvalue weighted by Gasteiger charge is 2.30. The van der Waals surface area contributed by atoms with E-state index in [0.29, 0.717) is 18.9 Å². The number of aliphatic hydroxyl groups excluding tert-OH is 1. The number of rotatable bonds is 9. The van der Waals surface area contributed by atoms with Gasteiger partial charge in [-0.3, -0.25) is 4.79 Å². The number of ether oxygens (including phenoxy) is 1. The molecule has 4 unspecified atom stereocenters. The predicted octanol–water partition coefficient (Wildman–Crippen LogP) is 1.43. The molecule has 1 aliphatic carbocycles. The van der Waals surface area contributed by atoms with Gasteiger partial charge >= 0.3 is 0 Å². The summed E-state index contributed by atoms with van der Waals surface area (Å²) in [5.74, 6) is 0.410. The molecule has 1 aliphatic heterocycles. The molecule has 0 radical (unpaired) electrons. The fourth-order valence-electron chi connectivity index (χ4n) is 4.40. The molecule has 1 aromatic rings. The van der Waals surface area contributed by atoms with Crippen LogP contribution < -0.4 is 21.7 Å². The Kier molecular flexibility index (Phi) is 8.84. The van der Waals surface area contributed by atoms with Crippen LogP contribution in [-0.2, 0) is 22.5 Å². The number of hydrogen-bond acceptors (Lipinski definition) is 5. The third-order valence-electron chi connectivity index (χ3n) is 6.26. The van der Waals surface area contributed by atoms with Gasteiger partial charge in [-0.2, -0.15) is 0 Å². The SMILES string of the molecule is C/C(=C/C(C)(N)C(=O)Nc1ccc2c(c1)CCNC2)[NH2+]CC1CC(O)C=CC1OCC(C)C. The van der Waals surface area contributed by atoms with Crippen molar-refractivity contribution in [1.82, 2.24) is 5.32 Å². The van der Waals surface area contributed by atoms with Crippen LogP contribution in [0.1, 0.15) is 45.2 Å². The molecule has 1 amide bonds. The number of carbonyl (C=O) groups excluding carboxylic acids is 1. The molecule has 0 fully saturated rings. The molecule has 7 heteroatoms. The fraction of sp³-hybridized carbons (Fsp3) is 0.577. The topological polar surface area (TPSA) is 113 Å². The van der Waals surface area contributed by atoms with Gasteiger partial charge in [0.25, 0.3) is 0 Å². The van der Waals surface area contributed by atoms with Crippen molar-refractivity contribution in [2.45, 2.75) is 64.8 Å². The van der Waals surface area contributed by atoms with Gasteiger partial charge in [-0.15, -0.1) is 0 Å². The van der Waals surface area contributed by atoms with Crippen molar-refractivity contribution in [3.63, 3.8) is 0 Å². The van der Waals surface area contributed by atoms with Gasteiger partial charge in [-0.25, -0.2) is 0 Å². The monoisotopic (exact) mass is 457 g/mol. The second-order valence-electron chi connectivity index (χ2n) is 10.1. The number of benzene rings is 1. The highest BCUT2D eigenvalue weighted by atomic mass is 16.5. The number of allylic oxidation sites excluding steroid dienone is 1. The summed E-state index contributed by atoms with van der Waals surface area (Å²) in [4.78, 5) is 12.9.